The number of nitrogens with one attached hydrogen (secondary N) is 1. The largest absolute Gasteiger partial charge is 0.310 e. The smallest absolute Gasteiger partial charge is 0.154 e. The van der Waals surface area contributed by atoms with E-state index in [0.717, 1.165) is 12.8 Å². The third kappa shape index (κ3) is 3.57. The lowest BCUT2D eigenvalue weighted by Gasteiger charge is -2.22. The van der Waals surface area contributed by atoms with Crippen LogP contribution in [0, 0.1) is 6.92 Å². The van der Waals surface area contributed by atoms with Crippen molar-refractivity contribution in [3.05, 3.63) is 35.4 Å². The van der Waals surface area contributed by atoms with E-state index in [0.29, 0.717) is 11.8 Å². The monoisotopic (exact) mass is 281 g/mol. The zero-order valence-corrected chi connectivity index (χ0v) is 12.7. The van der Waals surface area contributed by atoms with Gasteiger partial charge in [0.15, 0.2) is 9.84 Å². The predicted octanol–water partition coefficient (Wildman–Crippen LogP) is 2.09. The van der Waals surface area contributed by atoms with E-state index in [1.165, 1.54) is 11.1 Å². The summed E-state index contributed by atoms with van der Waals surface area (Å²) >= 11 is 0. The molecule has 1 aromatic rings. The summed E-state index contributed by atoms with van der Waals surface area (Å²) in [5, 5.41) is 3.22. The fourth-order valence-corrected chi connectivity index (χ4v) is 4.47. The van der Waals surface area contributed by atoms with E-state index in [2.05, 4.69) is 43.4 Å². The number of rotatable bonds is 4. The number of hydrogen-bond acceptors (Lipinski definition) is 3. The summed E-state index contributed by atoms with van der Waals surface area (Å²) in [4.78, 5) is 0. The van der Waals surface area contributed by atoms with Crippen LogP contribution in [0.3, 0.4) is 0 Å². The molecule has 1 heterocycles. The molecule has 0 amide bonds. The SMILES string of the molecule is Cc1cccc(CC(C)N[C@@H]2CCS(=O)(=O)[C@@H]2C)c1. The Morgan fingerprint density at radius 1 is 1.42 bits per heavy atom. The quantitative estimate of drug-likeness (QED) is 0.919. The van der Waals surface area contributed by atoms with Crippen molar-refractivity contribution >= 4 is 9.84 Å². The molecule has 1 aliphatic rings. The second kappa shape index (κ2) is 5.63. The van der Waals surface area contributed by atoms with Crippen molar-refractivity contribution in [2.75, 3.05) is 5.75 Å². The van der Waals surface area contributed by atoms with Gasteiger partial charge in [0.2, 0.25) is 0 Å². The van der Waals surface area contributed by atoms with Crippen LogP contribution >= 0.6 is 0 Å². The molecule has 0 spiro atoms. The van der Waals surface area contributed by atoms with Crippen molar-refractivity contribution in [1.82, 2.24) is 5.32 Å². The van der Waals surface area contributed by atoms with Crippen LogP contribution in [0.4, 0.5) is 0 Å². The van der Waals surface area contributed by atoms with Crippen molar-refractivity contribution in [3.8, 4) is 0 Å². The highest BCUT2D eigenvalue weighted by molar-refractivity contribution is 7.92. The van der Waals surface area contributed by atoms with E-state index >= 15 is 0 Å². The van der Waals surface area contributed by atoms with Gasteiger partial charge in [0, 0.05) is 12.1 Å². The van der Waals surface area contributed by atoms with Gasteiger partial charge >= 0.3 is 0 Å². The maximum Gasteiger partial charge on any atom is 0.154 e. The summed E-state index contributed by atoms with van der Waals surface area (Å²) in [5.74, 6) is 0.322. The van der Waals surface area contributed by atoms with Crippen LogP contribution in [0.5, 0.6) is 0 Å². The summed E-state index contributed by atoms with van der Waals surface area (Å²) in [6.07, 6.45) is 1.67. The fourth-order valence-electron chi connectivity index (χ4n) is 2.80. The molecule has 106 valence electrons. The molecule has 0 saturated carbocycles. The second-order valence-corrected chi connectivity index (χ2v) is 8.21. The minimum Gasteiger partial charge on any atom is -0.310 e. The van der Waals surface area contributed by atoms with Crippen LogP contribution in [0.15, 0.2) is 24.3 Å². The van der Waals surface area contributed by atoms with Crippen molar-refractivity contribution in [1.29, 1.82) is 0 Å². The number of aryl methyl sites for hydroxylation is 1. The van der Waals surface area contributed by atoms with Crippen LogP contribution < -0.4 is 5.32 Å². The van der Waals surface area contributed by atoms with Crippen LogP contribution in [-0.4, -0.2) is 31.5 Å². The third-order valence-electron chi connectivity index (χ3n) is 3.97. The normalized spacial score (nSPS) is 27.3. The summed E-state index contributed by atoms with van der Waals surface area (Å²) in [6.45, 7) is 6.03. The lowest BCUT2D eigenvalue weighted by Crippen LogP contribution is -2.42. The third-order valence-corrected chi connectivity index (χ3v) is 6.24. The van der Waals surface area contributed by atoms with Gasteiger partial charge in [-0.1, -0.05) is 29.8 Å². The zero-order chi connectivity index (χ0) is 14.0. The molecular weight excluding hydrogens is 258 g/mol. The second-order valence-electron chi connectivity index (χ2n) is 5.73. The Hall–Kier alpha value is -0.870. The highest BCUT2D eigenvalue weighted by Crippen LogP contribution is 2.21. The van der Waals surface area contributed by atoms with Gasteiger partial charge in [0.1, 0.15) is 0 Å². The molecule has 1 aromatic carbocycles. The minimum atomic E-state index is -2.86. The molecule has 4 heteroatoms. The van der Waals surface area contributed by atoms with Crippen molar-refractivity contribution < 1.29 is 8.42 Å². The average molecular weight is 281 g/mol. The number of sulfone groups is 1. The lowest BCUT2D eigenvalue weighted by atomic mass is 10.0. The molecule has 0 aromatic heterocycles. The first-order valence-corrected chi connectivity index (χ1v) is 8.63. The van der Waals surface area contributed by atoms with E-state index in [1.807, 2.05) is 6.92 Å². The average Bonchev–Trinajstić information content (AvgIpc) is 2.56. The van der Waals surface area contributed by atoms with Gasteiger partial charge in [-0.25, -0.2) is 8.42 Å². The molecule has 3 atom stereocenters. The Kier molecular flexibility index (Phi) is 4.31. The molecule has 1 N–H and O–H groups in total. The maximum atomic E-state index is 11.7. The highest BCUT2D eigenvalue weighted by Gasteiger charge is 2.36. The summed E-state index contributed by atoms with van der Waals surface area (Å²) in [5.41, 5.74) is 2.56. The maximum absolute atomic E-state index is 11.7. The van der Waals surface area contributed by atoms with Gasteiger partial charge in [-0.3, -0.25) is 0 Å². The Morgan fingerprint density at radius 3 is 2.74 bits per heavy atom. The van der Waals surface area contributed by atoms with E-state index in [1.54, 1.807) is 0 Å². The van der Waals surface area contributed by atoms with Gasteiger partial charge < -0.3 is 5.32 Å². The predicted molar refractivity (Wildman–Crippen MR) is 79.1 cm³/mol. The first-order valence-electron chi connectivity index (χ1n) is 6.91. The van der Waals surface area contributed by atoms with E-state index < -0.39 is 9.84 Å². The molecule has 3 nitrogen and oxygen atoms in total. The molecule has 1 unspecified atom stereocenters. The van der Waals surface area contributed by atoms with Gasteiger partial charge in [-0.2, -0.15) is 0 Å². The van der Waals surface area contributed by atoms with E-state index in [-0.39, 0.29) is 11.3 Å². The van der Waals surface area contributed by atoms with E-state index in [9.17, 15) is 8.42 Å². The standard InChI is InChI=1S/C15H23NO2S/c1-11-5-4-6-14(9-11)10-12(2)16-15-7-8-19(17,18)13(15)3/h4-6,9,12-13,15-16H,7-8,10H2,1-3H3/t12?,13-,15-/m1/s1. The van der Waals surface area contributed by atoms with Crippen LogP contribution in [-0.2, 0) is 16.3 Å². The first kappa shape index (κ1) is 14.5. The van der Waals surface area contributed by atoms with Gasteiger partial charge in [0.05, 0.1) is 11.0 Å². The fraction of sp³-hybridized carbons (Fsp3) is 0.600. The molecule has 19 heavy (non-hydrogen) atoms. The van der Waals surface area contributed by atoms with Gasteiger partial charge in [-0.05, 0) is 39.2 Å². The Bertz CT molecular complexity index is 539. The molecular formula is C15H23NO2S. The summed E-state index contributed by atoms with van der Waals surface area (Å²) in [7, 11) is -2.86. The van der Waals surface area contributed by atoms with Crippen molar-refractivity contribution in [3.63, 3.8) is 0 Å². The molecule has 1 fully saturated rings. The van der Waals surface area contributed by atoms with Gasteiger partial charge in [0.25, 0.3) is 0 Å². The number of hydrogen-bond donors (Lipinski definition) is 1. The van der Waals surface area contributed by atoms with Crippen molar-refractivity contribution in [2.24, 2.45) is 0 Å². The Labute approximate surface area is 116 Å². The Balaban J connectivity index is 1.94. The Morgan fingerprint density at radius 2 is 2.16 bits per heavy atom. The van der Waals surface area contributed by atoms with Gasteiger partial charge in [-0.15, -0.1) is 0 Å². The molecule has 2 rings (SSSR count). The molecule has 1 aliphatic heterocycles. The van der Waals surface area contributed by atoms with Crippen LogP contribution in [0.25, 0.3) is 0 Å². The topological polar surface area (TPSA) is 46.2 Å². The minimum absolute atomic E-state index is 0.102. The molecule has 0 bridgehead atoms. The summed E-state index contributed by atoms with van der Waals surface area (Å²) < 4.78 is 23.4. The zero-order valence-electron chi connectivity index (χ0n) is 11.9. The highest BCUT2D eigenvalue weighted by atomic mass is 32.2. The summed E-state index contributed by atoms with van der Waals surface area (Å²) in [6, 6.07) is 8.87. The lowest BCUT2D eigenvalue weighted by molar-refractivity contribution is 0.438. The molecule has 0 radical (unpaired) electrons. The van der Waals surface area contributed by atoms with E-state index in [4.69, 9.17) is 0 Å². The number of benzene rings is 1. The first-order chi connectivity index (χ1) is 8.88. The van der Waals surface area contributed by atoms with Crippen LogP contribution in [0.1, 0.15) is 31.4 Å². The molecule has 1 saturated heterocycles. The van der Waals surface area contributed by atoms with Crippen LogP contribution in [0.2, 0.25) is 0 Å². The van der Waals surface area contributed by atoms with Crippen molar-refractivity contribution in [2.45, 2.75) is 50.9 Å². The molecule has 0 aliphatic carbocycles.